The number of aryl methyl sites for hydroxylation is 1. The van der Waals surface area contributed by atoms with Crippen molar-refractivity contribution in [1.82, 2.24) is 9.88 Å². The maximum Gasteiger partial charge on any atom is 0.267 e. The second kappa shape index (κ2) is 8.51. The van der Waals surface area contributed by atoms with E-state index >= 15 is 0 Å². The highest BCUT2D eigenvalue weighted by Gasteiger charge is 2.40. The van der Waals surface area contributed by atoms with Crippen molar-refractivity contribution in [2.24, 2.45) is 4.99 Å². The number of amidine groups is 1. The van der Waals surface area contributed by atoms with Gasteiger partial charge in [-0.3, -0.25) is 9.69 Å². The number of nitrogens with zero attached hydrogens (tertiary/aromatic N) is 3. The Morgan fingerprint density at radius 1 is 1.21 bits per heavy atom. The summed E-state index contributed by atoms with van der Waals surface area (Å²) in [5.74, 6) is 0.0874. The molecule has 7 heteroatoms. The Morgan fingerprint density at radius 2 is 1.93 bits per heavy atom. The van der Waals surface area contributed by atoms with Crippen molar-refractivity contribution < 1.29 is 4.79 Å². The third-order valence-corrected chi connectivity index (χ3v) is 7.70. The number of carbonyl (C=O) groups is 1. The van der Waals surface area contributed by atoms with E-state index in [-0.39, 0.29) is 11.9 Å². The zero-order valence-corrected chi connectivity index (χ0v) is 19.2. The fourth-order valence-corrected chi connectivity index (χ4v) is 5.75. The number of amides is 1. The summed E-state index contributed by atoms with van der Waals surface area (Å²) in [6.07, 6.45) is 5.70. The van der Waals surface area contributed by atoms with Crippen LogP contribution < -0.4 is 0 Å². The number of thiazole rings is 1. The van der Waals surface area contributed by atoms with Gasteiger partial charge in [-0.05, 0) is 61.7 Å². The molecule has 0 radical (unpaired) electrons. The lowest BCUT2D eigenvalue weighted by atomic mass is 9.94. The SMILES string of the molecule is C/C(=C1/S/C(=N/c2nc(C)cs2)N(C2CCCCC2)C1=O)c1ccc(Br)cc1. The van der Waals surface area contributed by atoms with Gasteiger partial charge in [0, 0.05) is 15.9 Å². The Kier molecular flexibility index (Phi) is 6.04. The van der Waals surface area contributed by atoms with Gasteiger partial charge in [-0.25, -0.2) is 4.98 Å². The molecule has 0 unspecified atom stereocenters. The van der Waals surface area contributed by atoms with Crippen LogP contribution in [-0.4, -0.2) is 27.0 Å². The molecule has 28 heavy (non-hydrogen) atoms. The quantitative estimate of drug-likeness (QED) is 0.473. The molecule has 146 valence electrons. The van der Waals surface area contributed by atoms with Crippen LogP contribution in [0.2, 0.25) is 0 Å². The first kappa shape index (κ1) is 19.9. The van der Waals surface area contributed by atoms with E-state index in [2.05, 4.69) is 20.9 Å². The maximum absolute atomic E-state index is 13.4. The van der Waals surface area contributed by atoms with Gasteiger partial charge in [0.15, 0.2) is 5.17 Å². The molecule has 0 N–H and O–H groups in total. The normalized spacial score (nSPS) is 21.6. The van der Waals surface area contributed by atoms with E-state index in [9.17, 15) is 4.79 Å². The molecule has 1 saturated carbocycles. The lowest BCUT2D eigenvalue weighted by Crippen LogP contribution is -2.40. The van der Waals surface area contributed by atoms with E-state index < -0.39 is 0 Å². The van der Waals surface area contributed by atoms with Crippen LogP contribution >= 0.6 is 39.0 Å². The number of hydrogen-bond acceptors (Lipinski definition) is 5. The first-order valence-electron chi connectivity index (χ1n) is 9.52. The summed E-state index contributed by atoms with van der Waals surface area (Å²) in [6, 6.07) is 8.35. The number of hydrogen-bond donors (Lipinski definition) is 0. The predicted octanol–water partition coefficient (Wildman–Crippen LogP) is 6.54. The van der Waals surface area contributed by atoms with Crippen molar-refractivity contribution >= 4 is 60.8 Å². The van der Waals surface area contributed by atoms with Crippen LogP contribution in [0.4, 0.5) is 5.13 Å². The average molecular weight is 476 g/mol. The molecule has 1 aromatic carbocycles. The van der Waals surface area contributed by atoms with Crippen molar-refractivity contribution in [2.45, 2.75) is 52.0 Å². The van der Waals surface area contributed by atoms with Gasteiger partial charge in [0.2, 0.25) is 5.13 Å². The van der Waals surface area contributed by atoms with E-state index in [4.69, 9.17) is 4.99 Å². The van der Waals surface area contributed by atoms with Crippen molar-refractivity contribution in [3.63, 3.8) is 0 Å². The number of carbonyl (C=O) groups excluding carboxylic acids is 1. The predicted molar refractivity (Wildman–Crippen MR) is 122 cm³/mol. The Hall–Kier alpha value is -1.44. The third kappa shape index (κ3) is 4.11. The minimum atomic E-state index is 0.0874. The minimum Gasteiger partial charge on any atom is -0.283 e. The van der Waals surface area contributed by atoms with Crippen molar-refractivity contribution in [3.05, 3.63) is 50.3 Å². The topological polar surface area (TPSA) is 45.6 Å². The molecule has 0 bridgehead atoms. The number of halogens is 1. The van der Waals surface area contributed by atoms with Gasteiger partial charge in [0.25, 0.3) is 5.91 Å². The first-order valence-corrected chi connectivity index (χ1v) is 12.0. The number of rotatable bonds is 3. The van der Waals surface area contributed by atoms with Crippen molar-refractivity contribution in [3.8, 4) is 0 Å². The molecule has 0 atom stereocenters. The molecule has 0 spiro atoms. The molecule has 1 aliphatic carbocycles. The Balaban J connectivity index is 1.73. The molecule has 4 nitrogen and oxygen atoms in total. The van der Waals surface area contributed by atoms with Gasteiger partial charge in [0.05, 0.1) is 10.6 Å². The zero-order chi connectivity index (χ0) is 19.7. The van der Waals surface area contributed by atoms with Crippen LogP contribution in [0.1, 0.15) is 50.3 Å². The first-order chi connectivity index (χ1) is 13.5. The van der Waals surface area contributed by atoms with Gasteiger partial charge in [0.1, 0.15) is 0 Å². The van der Waals surface area contributed by atoms with Gasteiger partial charge < -0.3 is 0 Å². The Morgan fingerprint density at radius 3 is 2.57 bits per heavy atom. The second-order valence-corrected chi connectivity index (χ2v) is 9.93. The summed E-state index contributed by atoms with van der Waals surface area (Å²) >= 11 is 6.49. The average Bonchev–Trinajstić information content (AvgIpc) is 3.25. The van der Waals surface area contributed by atoms with Crippen molar-refractivity contribution in [2.75, 3.05) is 0 Å². The number of allylic oxidation sites excluding steroid dienone is 1. The van der Waals surface area contributed by atoms with Crippen LogP contribution in [0.15, 0.2) is 44.0 Å². The standard InChI is InChI=1S/C21H22BrN3OS2/c1-13-12-27-20(23-13)24-21-25(17-6-4-3-5-7-17)19(26)18(28-21)14(2)15-8-10-16(22)11-9-15/h8-12,17H,3-7H2,1-2H3/b18-14-,24-21+. The molecule has 4 rings (SSSR count). The fraction of sp³-hybridized carbons (Fsp3) is 0.381. The largest absolute Gasteiger partial charge is 0.283 e. The smallest absolute Gasteiger partial charge is 0.267 e. The highest BCUT2D eigenvalue weighted by molar-refractivity contribution is 9.10. The minimum absolute atomic E-state index is 0.0874. The molecular formula is C21H22BrN3OS2. The van der Waals surface area contributed by atoms with Crippen molar-refractivity contribution in [1.29, 1.82) is 0 Å². The third-order valence-electron chi connectivity index (χ3n) is 5.17. The number of thioether (sulfide) groups is 1. The highest BCUT2D eigenvalue weighted by Crippen LogP contribution is 2.41. The molecule has 1 saturated heterocycles. The van der Waals surface area contributed by atoms with Crippen LogP contribution in [-0.2, 0) is 4.79 Å². The van der Waals surface area contributed by atoms with Gasteiger partial charge in [-0.1, -0.05) is 47.3 Å². The van der Waals surface area contributed by atoms with Crippen LogP contribution in [0.25, 0.3) is 5.57 Å². The maximum atomic E-state index is 13.4. The van der Waals surface area contributed by atoms with E-state index in [0.29, 0.717) is 0 Å². The zero-order valence-electron chi connectivity index (χ0n) is 15.9. The molecule has 2 aliphatic rings. The summed E-state index contributed by atoms with van der Waals surface area (Å²) < 4.78 is 1.03. The summed E-state index contributed by atoms with van der Waals surface area (Å²) in [5, 5.41) is 3.49. The number of aliphatic imine (C=N–C) groups is 1. The van der Waals surface area contributed by atoms with Crippen LogP contribution in [0.3, 0.4) is 0 Å². The monoisotopic (exact) mass is 475 g/mol. The molecule has 2 aromatic rings. The second-order valence-electron chi connectivity index (χ2n) is 7.20. The van der Waals surface area contributed by atoms with Crippen LogP contribution in [0, 0.1) is 6.92 Å². The molecule has 2 heterocycles. The summed E-state index contributed by atoms with van der Waals surface area (Å²) in [5.41, 5.74) is 3.03. The van der Waals surface area contributed by atoms with E-state index in [1.165, 1.54) is 42.4 Å². The molecule has 1 amide bonds. The van der Waals surface area contributed by atoms with Gasteiger partial charge >= 0.3 is 0 Å². The van der Waals surface area contributed by atoms with Gasteiger partial charge in [-0.2, -0.15) is 4.99 Å². The number of benzene rings is 1. The lowest BCUT2D eigenvalue weighted by molar-refractivity contribution is -0.124. The lowest BCUT2D eigenvalue weighted by Gasteiger charge is -2.30. The summed E-state index contributed by atoms with van der Waals surface area (Å²) in [4.78, 5) is 25.4. The molecule has 2 fully saturated rings. The van der Waals surface area contributed by atoms with E-state index in [1.807, 2.05) is 48.4 Å². The molecule has 1 aromatic heterocycles. The van der Waals surface area contributed by atoms with E-state index in [0.717, 1.165) is 49.3 Å². The number of aromatic nitrogens is 1. The highest BCUT2D eigenvalue weighted by atomic mass is 79.9. The Labute approximate surface area is 182 Å². The fourth-order valence-electron chi connectivity index (χ4n) is 3.66. The molecule has 1 aliphatic heterocycles. The Bertz CT molecular complexity index is 943. The summed E-state index contributed by atoms with van der Waals surface area (Å²) in [6.45, 7) is 3.99. The van der Waals surface area contributed by atoms with Gasteiger partial charge in [-0.15, -0.1) is 11.3 Å². The summed E-state index contributed by atoms with van der Waals surface area (Å²) in [7, 11) is 0. The van der Waals surface area contributed by atoms with Crippen LogP contribution in [0.5, 0.6) is 0 Å². The molecular weight excluding hydrogens is 454 g/mol. The van der Waals surface area contributed by atoms with E-state index in [1.54, 1.807) is 0 Å².